The van der Waals surface area contributed by atoms with E-state index in [2.05, 4.69) is 0 Å². The SMILES string of the molecule is CC(C)O.ClC(Cl)=C(Cl)Cl. The Morgan fingerprint density at radius 3 is 1.10 bits per heavy atom. The predicted molar refractivity (Wildman–Crippen MR) is 47.8 cm³/mol. The molecular weight excluding hydrogens is 218 g/mol. The summed E-state index contributed by atoms with van der Waals surface area (Å²) in [5.41, 5.74) is 0. The van der Waals surface area contributed by atoms with Gasteiger partial charge in [-0.3, -0.25) is 0 Å². The lowest BCUT2D eigenvalue weighted by atomic mass is 10.5. The molecule has 0 rings (SSSR count). The average molecular weight is 226 g/mol. The topological polar surface area (TPSA) is 20.2 Å². The Balaban J connectivity index is 0. The molecule has 0 atom stereocenters. The summed E-state index contributed by atoms with van der Waals surface area (Å²) in [6, 6.07) is 0. The van der Waals surface area contributed by atoms with E-state index < -0.39 is 0 Å². The van der Waals surface area contributed by atoms with Gasteiger partial charge in [0.15, 0.2) is 0 Å². The molecule has 0 heterocycles. The molecule has 0 aliphatic heterocycles. The van der Waals surface area contributed by atoms with Gasteiger partial charge < -0.3 is 5.11 Å². The van der Waals surface area contributed by atoms with E-state index in [-0.39, 0.29) is 15.1 Å². The minimum atomic E-state index is -0.167. The van der Waals surface area contributed by atoms with Gasteiger partial charge in [0.1, 0.15) is 8.98 Å². The van der Waals surface area contributed by atoms with Gasteiger partial charge in [-0.1, -0.05) is 46.4 Å². The maximum atomic E-state index is 8.06. The highest BCUT2D eigenvalue weighted by Gasteiger charge is 1.88. The summed E-state index contributed by atoms with van der Waals surface area (Å²) in [5, 5.41) is 8.06. The highest BCUT2D eigenvalue weighted by atomic mass is 35.5. The van der Waals surface area contributed by atoms with E-state index in [0.29, 0.717) is 0 Å². The maximum Gasteiger partial charge on any atom is 0.136 e. The molecule has 0 saturated heterocycles. The van der Waals surface area contributed by atoms with Crippen LogP contribution in [-0.4, -0.2) is 11.2 Å². The smallest absolute Gasteiger partial charge is 0.136 e. The van der Waals surface area contributed by atoms with Crippen LogP contribution in [0, 0.1) is 0 Å². The first kappa shape index (κ1) is 13.4. The quantitative estimate of drug-likeness (QED) is 0.670. The highest BCUT2D eigenvalue weighted by molar-refractivity contribution is 6.67. The van der Waals surface area contributed by atoms with Gasteiger partial charge >= 0.3 is 0 Å². The van der Waals surface area contributed by atoms with Crippen molar-refractivity contribution in [2.75, 3.05) is 0 Å². The monoisotopic (exact) mass is 224 g/mol. The van der Waals surface area contributed by atoms with E-state index in [4.69, 9.17) is 51.5 Å². The van der Waals surface area contributed by atoms with Gasteiger partial charge in [-0.15, -0.1) is 0 Å². The lowest BCUT2D eigenvalue weighted by Gasteiger charge is -1.80. The zero-order chi connectivity index (χ0) is 8.73. The zero-order valence-electron chi connectivity index (χ0n) is 5.54. The molecule has 62 valence electrons. The van der Waals surface area contributed by atoms with Crippen molar-refractivity contribution in [3.63, 3.8) is 0 Å². The predicted octanol–water partition coefficient (Wildman–Crippen LogP) is 3.46. The minimum absolute atomic E-state index is 0.0988. The van der Waals surface area contributed by atoms with E-state index in [9.17, 15) is 0 Å². The first-order chi connectivity index (χ1) is 4.37. The molecule has 0 bridgehead atoms. The molecule has 0 spiro atoms. The molecule has 1 N–H and O–H groups in total. The number of hydrogen-bond donors (Lipinski definition) is 1. The summed E-state index contributed by atoms with van der Waals surface area (Å²) in [6.45, 7) is 3.44. The Labute approximate surface area is 80.5 Å². The van der Waals surface area contributed by atoms with Crippen molar-refractivity contribution in [2.24, 2.45) is 0 Å². The fourth-order valence-electron chi connectivity index (χ4n) is 0. The van der Waals surface area contributed by atoms with Gasteiger partial charge in [0, 0.05) is 6.10 Å². The summed E-state index contributed by atoms with van der Waals surface area (Å²) in [7, 11) is 0. The van der Waals surface area contributed by atoms with Crippen LogP contribution in [0.3, 0.4) is 0 Å². The number of aliphatic hydroxyl groups excluding tert-OH is 1. The summed E-state index contributed by atoms with van der Waals surface area (Å²) in [6.07, 6.45) is -0.167. The Morgan fingerprint density at radius 1 is 1.00 bits per heavy atom. The Bertz CT molecular complexity index is 89.5. The van der Waals surface area contributed by atoms with Crippen molar-refractivity contribution in [1.82, 2.24) is 0 Å². The number of rotatable bonds is 0. The Kier molecular flexibility index (Phi) is 10.7. The number of aliphatic hydroxyl groups is 1. The third-order valence-corrected chi connectivity index (χ3v) is 1.29. The van der Waals surface area contributed by atoms with Crippen LogP contribution in [-0.2, 0) is 0 Å². The average Bonchev–Trinajstić information content (AvgIpc) is 1.63. The van der Waals surface area contributed by atoms with Crippen LogP contribution < -0.4 is 0 Å². The molecule has 0 aliphatic rings. The van der Waals surface area contributed by atoms with Gasteiger partial charge in [-0.2, -0.15) is 0 Å². The van der Waals surface area contributed by atoms with Crippen molar-refractivity contribution in [3.05, 3.63) is 8.98 Å². The molecule has 0 aliphatic carbocycles. The highest BCUT2D eigenvalue weighted by Crippen LogP contribution is 2.20. The third-order valence-electron chi connectivity index (χ3n) is 0.143. The van der Waals surface area contributed by atoms with Gasteiger partial charge in [0.25, 0.3) is 0 Å². The van der Waals surface area contributed by atoms with Crippen LogP contribution in [0.4, 0.5) is 0 Å². The number of halogens is 4. The van der Waals surface area contributed by atoms with Crippen LogP contribution in [0.2, 0.25) is 0 Å². The lowest BCUT2D eigenvalue weighted by Crippen LogP contribution is -1.85. The molecule has 0 fully saturated rings. The molecular formula is C5H8Cl4O. The summed E-state index contributed by atoms with van der Waals surface area (Å²) in [4.78, 5) is 0. The molecule has 0 saturated carbocycles. The molecule has 0 aromatic carbocycles. The summed E-state index contributed by atoms with van der Waals surface area (Å²) in [5.74, 6) is 0. The van der Waals surface area contributed by atoms with E-state index >= 15 is 0 Å². The van der Waals surface area contributed by atoms with E-state index in [1.54, 1.807) is 13.8 Å². The second-order valence-corrected chi connectivity index (χ2v) is 3.51. The van der Waals surface area contributed by atoms with Gasteiger partial charge in [-0.25, -0.2) is 0 Å². The molecule has 5 heteroatoms. The van der Waals surface area contributed by atoms with Crippen molar-refractivity contribution in [3.8, 4) is 0 Å². The van der Waals surface area contributed by atoms with E-state index in [1.807, 2.05) is 0 Å². The fourth-order valence-corrected chi connectivity index (χ4v) is 0. The molecule has 0 radical (unpaired) electrons. The van der Waals surface area contributed by atoms with Crippen LogP contribution >= 0.6 is 46.4 Å². The summed E-state index contributed by atoms with van der Waals surface area (Å²) < 4.78 is -0.198. The normalized spacial score (nSPS) is 8.40. The Hall–Kier alpha value is 0.860. The standard InChI is InChI=1S/C3H8O.C2Cl4/c1-3(2)4;3-1(4)2(5)6/h3-4H,1-2H3;. The first-order valence-electron chi connectivity index (χ1n) is 2.42. The van der Waals surface area contributed by atoms with E-state index in [0.717, 1.165) is 0 Å². The van der Waals surface area contributed by atoms with Gasteiger partial charge in [0.05, 0.1) is 0 Å². The van der Waals surface area contributed by atoms with Crippen LogP contribution in [0.1, 0.15) is 13.8 Å². The molecule has 1 nitrogen and oxygen atoms in total. The third kappa shape index (κ3) is 23.2. The van der Waals surface area contributed by atoms with Crippen LogP contribution in [0.15, 0.2) is 8.98 Å². The largest absolute Gasteiger partial charge is 0.394 e. The second kappa shape index (κ2) is 7.96. The van der Waals surface area contributed by atoms with Crippen molar-refractivity contribution < 1.29 is 5.11 Å². The fraction of sp³-hybridized carbons (Fsp3) is 0.600. The van der Waals surface area contributed by atoms with Crippen molar-refractivity contribution in [1.29, 1.82) is 0 Å². The summed E-state index contributed by atoms with van der Waals surface area (Å²) >= 11 is 20.0. The lowest BCUT2D eigenvalue weighted by molar-refractivity contribution is 0.216. The second-order valence-electron chi connectivity index (χ2n) is 1.61. The van der Waals surface area contributed by atoms with Crippen LogP contribution in [0.5, 0.6) is 0 Å². The zero-order valence-corrected chi connectivity index (χ0v) is 8.56. The number of hydrogen-bond acceptors (Lipinski definition) is 1. The van der Waals surface area contributed by atoms with E-state index in [1.165, 1.54) is 0 Å². The minimum Gasteiger partial charge on any atom is -0.394 e. The molecule has 0 unspecified atom stereocenters. The molecule has 0 amide bonds. The maximum absolute atomic E-state index is 8.06. The first-order valence-corrected chi connectivity index (χ1v) is 3.93. The van der Waals surface area contributed by atoms with Crippen LogP contribution in [0.25, 0.3) is 0 Å². The van der Waals surface area contributed by atoms with Gasteiger partial charge in [0.2, 0.25) is 0 Å². The molecule has 10 heavy (non-hydrogen) atoms. The van der Waals surface area contributed by atoms with Gasteiger partial charge in [-0.05, 0) is 13.8 Å². The van der Waals surface area contributed by atoms with Crippen molar-refractivity contribution in [2.45, 2.75) is 20.0 Å². The van der Waals surface area contributed by atoms with Crippen molar-refractivity contribution >= 4 is 46.4 Å². The molecule has 0 aromatic rings. The Morgan fingerprint density at radius 2 is 1.10 bits per heavy atom. The molecule has 0 aromatic heterocycles.